The first-order valence-electron chi connectivity index (χ1n) is 10.7. The number of amides is 1. The lowest BCUT2D eigenvalue weighted by Crippen LogP contribution is -2.40. The number of morpholine rings is 1. The van der Waals surface area contributed by atoms with Crippen LogP contribution in [0.4, 0.5) is 0 Å². The standard InChI is InChI=1S/C22H33N3O4S/c1-17-14-19(16-22(2,3)15-17)23-24-21(26)9-6-18-4-7-20(8-5-18)30(27,28)25-10-12-29-13-11-25/h4-5,7-8,17H,6,9-16H2,1-3H3,(H,24,26)/b23-19-. The van der Waals surface area contributed by atoms with Gasteiger partial charge in [-0.1, -0.05) is 32.9 Å². The molecule has 1 aliphatic heterocycles. The summed E-state index contributed by atoms with van der Waals surface area (Å²) >= 11 is 0. The Hall–Kier alpha value is -1.77. The Balaban J connectivity index is 1.51. The average Bonchev–Trinajstić information content (AvgIpc) is 2.70. The zero-order valence-electron chi connectivity index (χ0n) is 18.2. The molecule has 0 spiro atoms. The molecule has 2 aliphatic rings. The highest BCUT2D eigenvalue weighted by Crippen LogP contribution is 2.36. The molecule has 1 saturated carbocycles. The molecule has 1 heterocycles. The first kappa shape index (κ1) is 22.9. The van der Waals surface area contributed by atoms with Gasteiger partial charge in [0.25, 0.3) is 0 Å². The van der Waals surface area contributed by atoms with Crippen molar-refractivity contribution in [2.45, 2.75) is 57.8 Å². The number of hydrogen-bond donors (Lipinski definition) is 1. The number of hydrazone groups is 1. The van der Waals surface area contributed by atoms with Gasteiger partial charge in [-0.15, -0.1) is 0 Å². The van der Waals surface area contributed by atoms with Crippen molar-refractivity contribution in [3.63, 3.8) is 0 Å². The van der Waals surface area contributed by atoms with Crippen LogP contribution in [0.15, 0.2) is 34.3 Å². The molecule has 1 unspecified atom stereocenters. The summed E-state index contributed by atoms with van der Waals surface area (Å²) in [6, 6.07) is 6.78. The third kappa shape index (κ3) is 6.12. The lowest BCUT2D eigenvalue weighted by molar-refractivity contribution is -0.121. The number of benzene rings is 1. The zero-order valence-corrected chi connectivity index (χ0v) is 19.0. The van der Waals surface area contributed by atoms with E-state index < -0.39 is 10.0 Å². The monoisotopic (exact) mass is 435 g/mol. The zero-order chi connectivity index (χ0) is 21.8. The molecule has 0 radical (unpaired) electrons. The first-order chi connectivity index (χ1) is 14.2. The van der Waals surface area contributed by atoms with Gasteiger partial charge in [0.2, 0.25) is 15.9 Å². The summed E-state index contributed by atoms with van der Waals surface area (Å²) in [5.41, 5.74) is 4.90. The number of aryl methyl sites for hydroxylation is 1. The van der Waals surface area contributed by atoms with E-state index in [0.717, 1.165) is 24.1 Å². The number of nitrogens with one attached hydrogen (secondary N) is 1. The molecule has 1 atom stereocenters. The van der Waals surface area contributed by atoms with Crippen LogP contribution in [0.25, 0.3) is 0 Å². The molecule has 0 aromatic heterocycles. The van der Waals surface area contributed by atoms with Crippen LogP contribution in [-0.2, 0) is 26.0 Å². The molecule has 0 bridgehead atoms. The van der Waals surface area contributed by atoms with Gasteiger partial charge in [0, 0.05) is 25.2 Å². The van der Waals surface area contributed by atoms with E-state index >= 15 is 0 Å². The van der Waals surface area contributed by atoms with Gasteiger partial charge >= 0.3 is 0 Å². The molecule has 30 heavy (non-hydrogen) atoms. The van der Waals surface area contributed by atoms with E-state index in [9.17, 15) is 13.2 Å². The van der Waals surface area contributed by atoms with Crippen molar-refractivity contribution >= 4 is 21.6 Å². The maximum absolute atomic E-state index is 12.7. The Morgan fingerprint density at radius 2 is 1.90 bits per heavy atom. The highest BCUT2D eigenvalue weighted by atomic mass is 32.2. The van der Waals surface area contributed by atoms with Crippen molar-refractivity contribution in [3.8, 4) is 0 Å². The van der Waals surface area contributed by atoms with Crippen LogP contribution in [-0.4, -0.2) is 50.6 Å². The predicted octanol–water partition coefficient (Wildman–Crippen LogP) is 2.96. The second-order valence-electron chi connectivity index (χ2n) is 9.23. The van der Waals surface area contributed by atoms with E-state index in [1.54, 1.807) is 24.3 Å². The smallest absolute Gasteiger partial charge is 0.243 e. The lowest BCUT2D eigenvalue weighted by Gasteiger charge is -2.34. The summed E-state index contributed by atoms with van der Waals surface area (Å²) in [5, 5.41) is 4.36. The maximum atomic E-state index is 12.7. The van der Waals surface area contributed by atoms with Gasteiger partial charge in [-0.25, -0.2) is 13.8 Å². The molecule has 1 aliphatic carbocycles. The van der Waals surface area contributed by atoms with Gasteiger partial charge in [-0.05, 0) is 54.7 Å². The molecule has 2 fully saturated rings. The van der Waals surface area contributed by atoms with Crippen LogP contribution in [0.2, 0.25) is 0 Å². The topological polar surface area (TPSA) is 88.1 Å². The third-order valence-corrected chi connectivity index (χ3v) is 7.59. The van der Waals surface area contributed by atoms with Crippen molar-refractivity contribution in [2.75, 3.05) is 26.3 Å². The number of rotatable bonds is 6. The fourth-order valence-corrected chi connectivity index (χ4v) is 5.83. The molecule has 3 rings (SSSR count). The second-order valence-corrected chi connectivity index (χ2v) is 11.2. The number of carbonyl (C=O) groups excluding carboxylic acids is 1. The Morgan fingerprint density at radius 3 is 2.53 bits per heavy atom. The summed E-state index contributed by atoms with van der Waals surface area (Å²) in [5.74, 6) is 0.459. The summed E-state index contributed by atoms with van der Waals surface area (Å²) < 4.78 is 32.0. The number of sulfonamides is 1. The lowest BCUT2D eigenvalue weighted by atomic mass is 9.72. The van der Waals surface area contributed by atoms with Gasteiger partial charge in [-0.2, -0.15) is 9.41 Å². The Bertz CT molecular complexity index is 872. The Morgan fingerprint density at radius 1 is 1.23 bits per heavy atom. The Kier molecular flexibility index (Phi) is 7.31. The largest absolute Gasteiger partial charge is 0.379 e. The van der Waals surface area contributed by atoms with Crippen LogP contribution in [0.3, 0.4) is 0 Å². The summed E-state index contributed by atoms with van der Waals surface area (Å²) in [7, 11) is -3.49. The molecular weight excluding hydrogens is 402 g/mol. The SMILES string of the molecule is CC1C/C(=N/NC(=O)CCc2ccc(S(=O)(=O)N3CCOCC3)cc2)CC(C)(C)C1. The number of nitrogens with zero attached hydrogens (tertiary/aromatic N) is 2. The van der Waals surface area contributed by atoms with E-state index in [1.807, 2.05) is 0 Å². The van der Waals surface area contributed by atoms with E-state index in [0.29, 0.717) is 45.1 Å². The molecule has 166 valence electrons. The third-order valence-electron chi connectivity index (χ3n) is 5.68. The van der Waals surface area contributed by atoms with Crippen LogP contribution in [0.1, 0.15) is 52.0 Å². The number of ether oxygens (including phenoxy) is 1. The van der Waals surface area contributed by atoms with Crippen LogP contribution < -0.4 is 5.43 Å². The van der Waals surface area contributed by atoms with Crippen molar-refractivity contribution in [3.05, 3.63) is 29.8 Å². The van der Waals surface area contributed by atoms with Crippen molar-refractivity contribution in [2.24, 2.45) is 16.4 Å². The minimum Gasteiger partial charge on any atom is -0.379 e. The predicted molar refractivity (Wildman–Crippen MR) is 117 cm³/mol. The van der Waals surface area contributed by atoms with Crippen LogP contribution >= 0.6 is 0 Å². The van der Waals surface area contributed by atoms with E-state index in [-0.39, 0.29) is 16.2 Å². The van der Waals surface area contributed by atoms with E-state index in [2.05, 4.69) is 31.3 Å². The summed E-state index contributed by atoms with van der Waals surface area (Å²) in [4.78, 5) is 12.5. The first-order valence-corrected chi connectivity index (χ1v) is 12.1. The van der Waals surface area contributed by atoms with Gasteiger partial charge in [0.15, 0.2) is 0 Å². The Labute approximate surface area is 179 Å². The van der Waals surface area contributed by atoms with Gasteiger partial charge < -0.3 is 4.74 Å². The normalized spacial score (nSPS) is 24.0. The van der Waals surface area contributed by atoms with Crippen LogP contribution in [0.5, 0.6) is 0 Å². The second kappa shape index (κ2) is 9.58. The maximum Gasteiger partial charge on any atom is 0.243 e. The number of hydrogen-bond acceptors (Lipinski definition) is 5. The van der Waals surface area contributed by atoms with Gasteiger partial charge in [-0.3, -0.25) is 4.79 Å². The quantitative estimate of drug-likeness (QED) is 0.696. The minimum absolute atomic E-state index is 0.122. The fraction of sp³-hybridized carbons (Fsp3) is 0.636. The summed E-state index contributed by atoms with van der Waals surface area (Å²) in [6.45, 7) is 8.30. The summed E-state index contributed by atoms with van der Waals surface area (Å²) in [6.07, 6.45) is 3.87. The van der Waals surface area contributed by atoms with Gasteiger partial charge in [0.05, 0.1) is 18.1 Å². The molecule has 7 nitrogen and oxygen atoms in total. The van der Waals surface area contributed by atoms with Crippen molar-refractivity contribution in [1.82, 2.24) is 9.73 Å². The van der Waals surface area contributed by atoms with Gasteiger partial charge in [0.1, 0.15) is 0 Å². The van der Waals surface area contributed by atoms with E-state index in [1.165, 1.54) is 10.7 Å². The average molecular weight is 436 g/mol. The molecule has 1 N–H and O–H groups in total. The molecular formula is C22H33N3O4S. The van der Waals surface area contributed by atoms with Crippen molar-refractivity contribution < 1.29 is 17.9 Å². The molecule has 1 aromatic carbocycles. The number of carbonyl (C=O) groups is 1. The highest BCUT2D eigenvalue weighted by molar-refractivity contribution is 7.89. The highest BCUT2D eigenvalue weighted by Gasteiger charge is 2.29. The fourth-order valence-electron chi connectivity index (χ4n) is 4.42. The van der Waals surface area contributed by atoms with Crippen LogP contribution in [0, 0.1) is 11.3 Å². The molecule has 1 aromatic rings. The minimum atomic E-state index is -3.49. The van der Waals surface area contributed by atoms with E-state index in [4.69, 9.17) is 4.74 Å². The molecule has 8 heteroatoms. The molecule has 1 amide bonds. The molecule has 1 saturated heterocycles. The van der Waals surface area contributed by atoms with Crippen molar-refractivity contribution in [1.29, 1.82) is 0 Å².